The fourth-order valence-electron chi connectivity index (χ4n) is 0.508. The second-order valence-corrected chi connectivity index (χ2v) is 2.03. The Bertz CT molecular complexity index is 80.1. The normalized spacial score (nSPS) is 13.4. The predicted molar refractivity (Wildman–Crippen MR) is 41.8 cm³/mol. The average molecular weight is 162 g/mol. The maximum atomic E-state index is 8.32. The van der Waals surface area contributed by atoms with E-state index in [1.165, 1.54) is 0 Å². The van der Waals surface area contributed by atoms with Crippen LogP contribution < -0.4 is 5.73 Å². The summed E-state index contributed by atoms with van der Waals surface area (Å²) < 4.78 is 9.97. The number of aliphatic hydroxyl groups is 1. The van der Waals surface area contributed by atoms with Crippen LogP contribution in [0.15, 0.2) is 0 Å². The lowest BCUT2D eigenvalue weighted by Crippen LogP contribution is -2.24. The van der Waals surface area contributed by atoms with Crippen molar-refractivity contribution in [2.24, 2.45) is 5.73 Å². The van der Waals surface area contributed by atoms with Crippen LogP contribution in [0, 0.1) is 6.92 Å². The van der Waals surface area contributed by atoms with E-state index in [4.69, 9.17) is 20.3 Å². The highest BCUT2D eigenvalue weighted by Gasteiger charge is 1.96. The standard InChI is InChI=1S/C7H16NO3/c1-2-7(8)11-6-5-10-4-3-9/h7,9H,1-6,8H2. The van der Waals surface area contributed by atoms with Gasteiger partial charge < -0.3 is 20.3 Å². The molecule has 0 saturated carbocycles. The lowest BCUT2D eigenvalue weighted by atomic mass is 10.4. The summed E-state index contributed by atoms with van der Waals surface area (Å²) in [4.78, 5) is 0. The third kappa shape index (κ3) is 7.74. The third-order valence-corrected chi connectivity index (χ3v) is 1.08. The Morgan fingerprint density at radius 2 is 2.09 bits per heavy atom. The first kappa shape index (κ1) is 10.8. The number of aliphatic hydroxyl groups excluding tert-OH is 1. The zero-order chi connectivity index (χ0) is 8.53. The van der Waals surface area contributed by atoms with Crippen LogP contribution in [0.3, 0.4) is 0 Å². The lowest BCUT2D eigenvalue weighted by Gasteiger charge is -2.09. The van der Waals surface area contributed by atoms with Crippen LogP contribution >= 0.6 is 0 Å². The van der Waals surface area contributed by atoms with Gasteiger partial charge in [-0.1, -0.05) is 0 Å². The second-order valence-electron chi connectivity index (χ2n) is 2.03. The van der Waals surface area contributed by atoms with Gasteiger partial charge in [-0.25, -0.2) is 0 Å². The topological polar surface area (TPSA) is 64.7 Å². The fraction of sp³-hybridized carbons (Fsp3) is 0.857. The maximum Gasteiger partial charge on any atom is 0.105 e. The van der Waals surface area contributed by atoms with Crippen LogP contribution in [0.4, 0.5) is 0 Å². The minimum atomic E-state index is -0.298. The summed E-state index contributed by atoms with van der Waals surface area (Å²) in [5.74, 6) is 0. The van der Waals surface area contributed by atoms with Gasteiger partial charge in [-0.2, -0.15) is 0 Å². The summed E-state index contributed by atoms with van der Waals surface area (Å²) in [6, 6.07) is 0. The van der Waals surface area contributed by atoms with Gasteiger partial charge in [0, 0.05) is 0 Å². The summed E-state index contributed by atoms with van der Waals surface area (Å²) in [7, 11) is 0. The van der Waals surface area contributed by atoms with E-state index in [-0.39, 0.29) is 12.8 Å². The van der Waals surface area contributed by atoms with Gasteiger partial charge in [0.15, 0.2) is 0 Å². The molecule has 0 aliphatic carbocycles. The Hall–Kier alpha value is -0.160. The number of nitrogens with two attached hydrogens (primary N) is 1. The number of ether oxygens (including phenoxy) is 2. The molecule has 0 spiro atoms. The van der Waals surface area contributed by atoms with Crippen LogP contribution in [0.2, 0.25) is 0 Å². The van der Waals surface area contributed by atoms with E-state index in [0.29, 0.717) is 26.2 Å². The molecule has 0 fully saturated rings. The van der Waals surface area contributed by atoms with Gasteiger partial charge in [0.25, 0.3) is 0 Å². The van der Waals surface area contributed by atoms with Crippen molar-refractivity contribution in [1.29, 1.82) is 0 Å². The van der Waals surface area contributed by atoms with Crippen molar-refractivity contribution < 1.29 is 14.6 Å². The first-order valence-electron chi connectivity index (χ1n) is 3.66. The average Bonchev–Trinajstić information content (AvgIpc) is 2.04. The maximum absolute atomic E-state index is 8.32. The molecule has 0 aromatic rings. The zero-order valence-electron chi connectivity index (χ0n) is 6.66. The number of hydrogen-bond acceptors (Lipinski definition) is 4. The molecule has 0 aromatic heterocycles. The number of rotatable bonds is 7. The van der Waals surface area contributed by atoms with Crippen molar-refractivity contribution in [2.75, 3.05) is 26.4 Å². The fourth-order valence-corrected chi connectivity index (χ4v) is 0.508. The van der Waals surface area contributed by atoms with Crippen molar-refractivity contribution in [3.8, 4) is 0 Å². The third-order valence-electron chi connectivity index (χ3n) is 1.08. The van der Waals surface area contributed by atoms with E-state index >= 15 is 0 Å². The van der Waals surface area contributed by atoms with Gasteiger partial charge in [0.2, 0.25) is 0 Å². The first-order chi connectivity index (χ1) is 5.31. The Morgan fingerprint density at radius 3 is 2.64 bits per heavy atom. The van der Waals surface area contributed by atoms with E-state index in [9.17, 15) is 0 Å². The highest BCUT2D eigenvalue weighted by molar-refractivity contribution is 4.48. The van der Waals surface area contributed by atoms with E-state index in [1.807, 2.05) is 0 Å². The van der Waals surface area contributed by atoms with Crippen LogP contribution in [0.5, 0.6) is 0 Å². The van der Waals surface area contributed by atoms with Crippen molar-refractivity contribution in [3.63, 3.8) is 0 Å². The number of hydrogen-bond donors (Lipinski definition) is 2. The smallest absolute Gasteiger partial charge is 0.105 e. The van der Waals surface area contributed by atoms with E-state index in [1.54, 1.807) is 0 Å². The highest BCUT2D eigenvalue weighted by Crippen LogP contribution is 1.87. The molecule has 0 aliphatic heterocycles. The molecule has 0 bridgehead atoms. The van der Waals surface area contributed by atoms with Crippen LogP contribution in [0.1, 0.15) is 6.42 Å². The van der Waals surface area contributed by atoms with Crippen LogP contribution in [-0.2, 0) is 9.47 Å². The first-order valence-corrected chi connectivity index (χ1v) is 3.66. The largest absolute Gasteiger partial charge is 0.394 e. The highest BCUT2D eigenvalue weighted by atomic mass is 16.5. The molecule has 1 unspecified atom stereocenters. The lowest BCUT2D eigenvalue weighted by molar-refractivity contribution is 0.000859. The molecule has 3 N–H and O–H groups in total. The Labute approximate surface area is 67.3 Å². The summed E-state index contributed by atoms with van der Waals surface area (Å²) in [5, 5.41) is 8.32. The van der Waals surface area contributed by atoms with Gasteiger partial charge in [-0.15, -0.1) is 0 Å². The van der Waals surface area contributed by atoms with Gasteiger partial charge in [0.05, 0.1) is 26.4 Å². The quantitative estimate of drug-likeness (QED) is 0.392. The van der Waals surface area contributed by atoms with Crippen LogP contribution in [-0.4, -0.2) is 37.8 Å². The van der Waals surface area contributed by atoms with Gasteiger partial charge in [0.1, 0.15) is 6.23 Å². The monoisotopic (exact) mass is 162 g/mol. The van der Waals surface area contributed by atoms with Crippen LogP contribution in [0.25, 0.3) is 0 Å². The molecule has 1 radical (unpaired) electrons. The zero-order valence-corrected chi connectivity index (χ0v) is 6.66. The molecule has 11 heavy (non-hydrogen) atoms. The van der Waals surface area contributed by atoms with E-state index in [0.717, 1.165) is 0 Å². The SMILES string of the molecule is [CH2]CC(N)OCCOCCO. The molecule has 0 heterocycles. The molecular weight excluding hydrogens is 146 g/mol. The molecule has 4 nitrogen and oxygen atoms in total. The van der Waals surface area contributed by atoms with Gasteiger partial charge in [-0.05, 0) is 13.3 Å². The summed E-state index contributed by atoms with van der Waals surface area (Å²) >= 11 is 0. The summed E-state index contributed by atoms with van der Waals surface area (Å²) in [5.41, 5.74) is 5.40. The van der Waals surface area contributed by atoms with Crippen molar-refractivity contribution in [3.05, 3.63) is 6.92 Å². The van der Waals surface area contributed by atoms with Crippen molar-refractivity contribution in [2.45, 2.75) is 12.6 Å². The molecule has 4 heteroatoms. The molecule has 0 rings (SSSR count). The second kappa shape index (κ2) is 7.94. The summed E-state index contributed by atoms with van der Waals surface area (Å²) in [6.45, 7) is 4.88. The Kier molecular flexibility index (Phi) is 7.83. The molecule has 67 valence electrons. The Balaban J connectivity index is 2.89. The molecule has 0 aromatic carbocycles. The van der Waals surface area contributed by atoms with E-state index in [2.05, 4.69) is 6.92 Å². The molecule has 0 aliphatic rings. The predicted octanol–water partition coefficient (Wildman–Crippen LogP) is -0.479. The molecule has 0 saturated heterocycles. The van der Waals surface area contributed by atoms with Gasteiger partial charge >= 0.3 is 0 Å². The van der Waals surface area contributed by atoms with Gasteiger partial charge in [-0.3, -0.25) is 0 Å². The minimum absolute atomic E-state index is 0.0430. The molecule has 1 atom stereocenters. The minimum Gasteiger partial charge on any atom is -0.394 e. The Morgan fingerprint density at radius 1 is 1.36 bits per heavy atom. The molecular formula is C7H16NO3. The van der Waals surface area contributed by atoms with E-state index < -0.39 is 0 Å². The van der Waals surface area contributed by atoms with Crippen molar-refractivity contribution >= 4 is 0 Å². The summed E-state index contributed by atoms with van der Waals surface area (Å²) in [6.07, 6.45) is 0.257. The molecule has 0 amide bonds. The van der Waals surface area contributed by atoms with Crippen molar-refractivity contribution in [1.82, 2.24) is 0 Å².